The topological polar surface area (TPSA) is 56.2 Å². The minimum Gasteiger partial charge on any atom is -0.468 e. The molecular weight excluding hydrogens is 230 g/mol. The summed E-state index contributed by atoms with van der Waals surface area (Å²) >= 11 is 0. The molecule has 0 radical (unpaired) electrons. The molecule has 1 aromatic rings. The molecule has 18 heavy (non-hydrogen) atoms. The summed E-state index contributed by atoms with van der Waals surface area (Å²) in [6.45, 7) is 10.5. The number of hydrogen-bond acceptors (Lipinski definition) is 4. The molecule has 0 aliphatic carbocycles. The molecule has 0 aliphatic heterocycles. The van der Waals surface area contributed by atoms with E-state index in [0.717, 1.165) is 11.4 Å². The first-order valence-electron chi connectivity index (χ1n) is 6.21. The van der Waals surface area contributed by atoms with Crippen molar-refractivity contribution in [3.63, 3.8) is 0 Å². The third kappa shape index (κ3) is 3.32. The molecular formula is C13H23N3O2. The van der Waals surface area contributed by atoms with Crippen molar-refractivity contribution in [2.75, 3.05) is 7.11 Å². The molecule has 1 unspecified atom stereocenters. The molecule has 0 fully saturated rings. The lowest BCUT2D eigenvalue weighted by Gasteiger charge is -2.19. The maximum Gasteiger partial charge on any atom is 0.324 e. The van der Waals surface area contributed by atoms with Crippen LogP contribution in [-0.2, 0) is 16.1 Å². The second-order valence-corrected chi connectivity index (χ2v) is 4.88. The Morgan fingerprint density at radius 2 is 2.00 bits per heavy atom. The van der Waals surface area contributed by atoms with Gasteiger partial charge in [-0.05, 0) is 26.3 Å². The van der Waals surface area contributed by atoms with Gasteiger partial charge in [-0.1, -0.05) is 13.8 Å². The highest BCUT2D eigenvalue weighted by molar-refractivity contribution is 5.75. The lowest BCUT2D eigenvalue weighted by atomic mass is 10.2. The number of rotatable bonds is 5. The number of carbonyl (C=O) groups excluding carboxylic acids is 1. The summed E-state index contributed by atoms with van der Waals surface area (Å²) in [7, 11) is 1.41. The van der Waals surface area contributed by atoms with Crippen molar-refractivity contribution in [1.82, 2.24) is 15.1 Å². The lowest BCUT2D eigenvalue weighted by molar-refractivity contribution is -0.143. The lowest BCUT2D eigenvalue weighted by Crippen LogP contribution is -2.44. The van der Waals surface area contributed by atoms with Crippen molar-refractivity contribution in [3.8, 4) is 0 Å². The van der Waals surface area contributed by atoms with Crippen LogP contribution in [0.2, 0.25) is 0 Å². The molecule has 5 nitrogen and oxygen atoms in total. The molecule has 0 aromatic carbocycles. The number of methoxy groups -OCH3 is 1. The Hall–Kier alpha value is -1.36. The summed E-state index contributed by atoms with van der Waals surface area (Å²) in [6, 6.07) is -0.153. The van der Waals surface area contributed by atoms with Gasteiger partial charge < -0.3 is 10.1 Å². The average molecular weight is 253 g/mol. The fourth-order valence-electron chi connectivity index (χ4n) is 1.88. The summed E-state index contributed by atoms with van der Waals surface area (Å²) in [4.78, 5) is 11.7. The number of nitrogens with one attached hydrogen (secondary N) is 1. The quantitative estimate of drug-likeness (QED) is 0.805. The van der Waals surface area contributed by atoms with Gasteiger partial charge in [0.1, 0.15) is 6.04 Å². The van der Waals surface area contributed by atoms with E-state index < -0.39 is 0 Å². The van der Waals surface area contributed by atoms with Crippen LogP contribution in [0.1, 0.15) is 30.8 Å². The Morgan fingerprint density at radius 3 is 2.39 bits per heavy atom. The highest BCUT2D eigenvalue weighted by Crippen LogP contribution is 2.11. The fraction of sp³-hybridized carbons (Fsp3) is 0.692. The summed E-state index contributed by atoms with van der Waals surface area (Å²) in [5.74, 6) is -0.256. The first kappa shape index (κ1) is 14.7. The van der Waals surface area contributed by atoms with E-state index in [0.29, 0.717) is 6.54 Å². The maximum atomic E-state index is 11.7. The molecule has 1 atom stereocenters. The molecule has 102 valence electrons. The van der Waals surface area contributed by atoms with Gasteiger partial charge in [0.05, 0.1) is 19.3 Å². The Labute approximate surface area is 109 Å². The summed E-state index contributed by atoms with van der Waals surface area (Å²) in [5, 5.41) is 7.64. The van der Waals surface area contributed by atoms with E-state index in [4.69, 9.17) is 4.74 Å². The van der Waals surface area contributed by atoms with Crippen molar-refractivity contribution in [2.24, 2.45) is 0 Å². The van der Waals surface area contributed by atoms with Gasteiger partial charge in [0.25, 0.3) is 0 Å². The maximum absolute atomic E-state index is 11.7. The number of nitrogens with zero attached hydrogens (tertiary/aromatic N) is 2. The smallest absolute Gasteiger partial charge is 0.324 e. The SMILES string of the molecule is COC(=O)C(Cn1nc(C)c(C)c1C)NC(C)C. The van der Waals surface area contributed by atoms with Crippen molar-refractivity contribution in [1.29, 1.82) is 0 Å². The zero-order valence-corrected chi connectivity index (χ0v) is 12.1. The Morgan fingerprint density at radius 1 is 1.39 bits per heavy atom. The van der Waals surface area contributed by atoms with Crippen LogP contribution in [0, 0.1) is 20.8 Å². The molecule has 0 bridgehead atoms. The number of aryl methyl sites for hydroxylation is 1. The molecule has 1 aromatic heterocycles. The second kappa shape index (κ2) is 6.00. The fourth-order valence-corrected chi connectivity index (χ4v) is 1.88. The molecule has 1 heterocycles. The van der Waals surface area contributed by atoms with E-state index >= 15 is 0 Å². The molecule has 0 aliphatic rings. The zero-order valence-electron chi connectivity index (χ0n) is 12.1. The number of aromatic nitrogens is 2. The molecule has 1 N–H and O–H groups in total. The van der Waals surface area contributed by atoms with Crippen LogP contribution >= 0.6 is 0 Å². The predicted molar refractivity (Wildman–Crippen MR) is 70.5 cm³/mol. The van der Waals surface area contributed by atoms with Gasteiger partial charge in [-0.3, -0.25) is 9.48 Å². The number of hydrogen-bond donors (Lipinski definition) is 1. The molecule has 1 rings (SSSR count). The number of ether oxygens (including phenoxy) is 1. The van der Waals surface area contributed by atoms with E-state index in [1.54, 1.807) is 0 Å². The van der Waals surface area contributed by atoms with Crippen LogP contribution in [0.25, 0.3) is 0 Å². The standard InChI is InChI=1S/C13H23N3O2/c1-8(2)14-12(13(17)18-6)7-16-11(5)9(3)10(4)15-16/h8,12,14H,7H2,1-6H3. The Bertz CT molecular complexity index is 424. The summed E-state index contributed by atoms with van der Waals surface area (Å²) in [6.07, 6.45) is 0. The number of esters is 1. The molecule has 0 amide bonds. The minimum atomic E-state index is -0.368. The van der Waals surface area contributed by atoms with E-state index in [-0.39, 0.29) is 18.1 Å². The minimum absolute atomic E-state index is 0.215. The first-order valence-corrected chi connectivity index (χ1v) is 6.21. The summed E-state index contributed by atoms with van der Waals surface area (Å²) < 4.78 is 6.68. The third-order valence-corrected chi connectivity index (χ3v) is 3.12. The van der Waals surface area contributed by atoms with Gasteiger partial charge in [-0.25, -0.2) is 0 Å². The van der Waals surface area contributed by atoms with Crippen LogP contribution in [-0.4, -0.2) is 34.9 Å². The van der Waals surface area contributed by atoms with Gasteiger partial charge in [0.15, 0.2) is 0 Å². The highest BCUT2D eigenvalue weighted by Gasteiger charge is 2.22. The van der Waals surface area contributed by atoms with Crippen molar-refractivity contribution < 1.29 is 9.53 Å². The monoisotopic (exact) mass is 253 g/mol. The Kier molecular flexibility index (Phi) is 4.90. The van der Waals surface area contributed by atoms with E-state index in [9.17, 15) is 4.79 Å². The molecule has 0 saturated carbocycles. The van der Waals surface area contributed by atoms with Gasteiger partial charge in [0, 0.05) is 11.7 Å². The van der Waals surface area contributed by atoms with Crippen LogP contribution in [0.5, 0.6) is 0 Å². The van der Waals surface area contributed by atoms with Gasteiger partial charge >= 0.3 is 5.97 Å². The Balaban J connectivity index is 2.88. The van der Waals surface area contributed by atoms with Crippen LogP contribution in [0.4, 0.5) is 0 Å². The van der Waals surface area contributed by atoms with E-state index in [1.165, 1.54) is 12.7 Å². The van der Waals surface area contributed by atoms with Gasteiger partial charge in [0.2, 0.25) is 0 Å². The highest BCUT2D eigenvalue weighted by atomic mass is 16.5. The van der Waals surface area contributed by atoms with E-state index in [2.05, 4.69) is 10.4 Å². The van der Waals surface area contributed by atoms with Gasteiger partial charge in [-0.15, -0.1) is 0 Å². The second-order valence-electron chi connectivity index (χ2n) is 4.88. The van der Waals surface area contributed by atoms with Crippen LogP contribution in [0.3, 0.4) is 0 Å². The van der Waals surface area contributed by atoms with Crippen molar-refractivity contribution >= 4 is 5.97 Å². The normalized spacial score (nSPS) is 12.8. The van der Waals surface area contributed by atoms with Gasteiger partial charge in [-0.2, -0.15) is 5.10 Å². The third-order valence-electron chi connectivity index (χ3n) is 3.12. The average Bonchev–Trinajstić information content (AvgIpc) is 2.54. The number of carbonyl (C=O) groups is 1. The van der Waals surface area contributed by atoms with Crippen LogP contribution in [0.15, 0.2) is 0 Å². The molecule has 0 spiro atoms. The predicted octanol–water partition coefficient (Wildman–Crippen LogP) is 1.35. The zero-order chi connectivity index (χ0) is 13.9. The largest absolute Gasteiger partial charge is 0.468 e. The van der Waals surface area contributed by atoms with E-state index in [1.807, 2.05) is 39.3 Å². The van der Waals surface area contributed by atoms with Crippen molar-refractivity contribution in [3.05, 3.63) is 17.0 Å². The summed E-state index contributed by atoms with van der Waals surface area (Å²) in [5.41, 5.74) is 3.26. The molecule has 0 saturated heterocycles. The van der Waals surface area contributed by atoms with Crippen LogP contribution < -0.4 is 5.32 Å². The molecule has 5 heteroatoms. The van der Waals surface area contributed by atoms with Crippen molar-refractivity contribution in [2.45, 2.75) is 53.2 Å². The first-order chi connectivity index (χ1) is 8.36.